The van der Waals surface area contributed by atoms with Gasteiger partial charge in [-0.05, 0) is 36.3 Å². The van der Waals surface area contributed by atoms with Crippen molar-refractivity contribution in [3.63, 3.8) is 0 Å². The molecule has 1 saturated heterocycles. The summed E-state index contributed by atoms with van der Waals surface area (Å²) in [5.74, 6) is -2.18. The van der Waals surface area contributed by atoms with Gasteiger partial charge in [0.25, 0.3) is 5.91 Å². The Bertz CT molecular complexity index is 1040. The fourth-order valence-electron chi connectivity index (χ4n) is 2.80. The van der Waals surface area contributed by atoms with Crippen LogP contribution < -0.4 is 5.32 Å². The van der Waals surface area contributed by atoms with Crippen LogP contribution in [-0.4, -0.2) is 43.8 Å². The number of carbonyl (C=O) groups excluding carboxylic acids is 2. The summed E-state index contributed by atoms with van der Waals surface area (Å²) in [5.41, 5.74) is 0.884. The summed E-state index contributed by atoms with van der Waals surface area (Å²) < 4.78 is 0.451. The van der Waals surface area contributed by atoms with Crippen LogP contribution in [0, 0.1) is 0 Å². The normalized spacial score (nSPS) is 14.9. The first-order valence-electron chi connectivity index (χ1n) is 9.02. The van der Waals surface area contributed by atoms with Crippen LogP contribution in [0.3, 0.4) is 0 Å². The summed E-state index contributed by atoms with van der Waals surface area (Å²) in [6.07, 6.45) is 2.30. The van der Waals surface area contributed by atoms with Crippen LogP contribution in [0.2, 0.25) is 0 Å². The van der Waals surface area contributed by atoms with Crippen molar-refractivity contribution in [1.29, 1.82) is 0 Å². The topological polar surface area (TPSA) is 107 Å². The average Bonchev–Trinajstić information content (AvgIpc) is 2.97. The van der Waals surface area contributed by atoms with Crippen molar-refractivity contribution in [3.8, 4) is 5.75 Å². The number of hydrogen-bond donors (Lipinski definition) is 3. The van der Waals surface area contributed by atoms with Crippen molar-refractivity contribution in [3.05, 3.63) is 64.6 Å². The van der Waals surface area contributed by atoms with E-state index in [-0.39, 0.29) is 35.2 Å². The van der Waals surface area contributed by atoms with E-state index >= 15 is 0 Å². The summed E-state index contributed by atoms with van der Waals surface area (Å²) in [5, 5.41) is 21.1. The first-order valence-corrected chi connectivity index (χ1v) is 10.2. The highest BCUT2D eigenvalue weighted by molar-refractivity contribution is 8.26. The molecule has 0 aromatic heterocycles. The second kappa shape index (κ2) is 9.55. The van der Waals surface area contributed by atoms with Crippen molar-refractivity contribution < 1.29 is 24.6 Å². The monoisotopic (exact) mass is 442 g/mol. The lowest BCUT2D eigenvalue weighted by Gasteiger charge is -2.14. The quantitative estimate of drug-likeness (QED) is 0.341. The van der Waals surface area contributed by atoms with Gasteiger partial charge in [0.15, 0.2) is 0 Å². The van der Waals surface area contributed by atoms with E-state index in [9.17, 15) is 19.5 Å². The van der Waals surface area contributed by atoms with Crippen molar-refractivity contribution in [2.75, 3.05) is 11.9 Å². The highest BCUT2D eigenvalue weighted by Crippen LogP contribution is 2.32. The number of phenols is 1. The van der Waals surface area contributed by atoms with Gasteiger partial charge in [-0.1, -0.05) is 54.3 Å². The molecule has 1 aliphatic heterocycles. The highest BCUT2D eigenvalue weighted by atomic mass is 32.2. The molecule has 0 bridgehead atoms. The second-order valence-corrected chi connectivity index (χ2v) is 8.11. The van der Waals surface area contributed by atoms with Crippen molar-refractivity contribution >= 4 is 57.8 Å². The summed E-state index contributed by atoms with van der Waals surface area (Å²) in [7, 11) is 0. The van der Waals surface area contributed by atoms with E-state index in [1.165, 1.54) is 34.9 Å². The molecule has 3 rings (SSSR count). The average molecular weight is 443 g/mol. The highest BCUT2D eigenvalue weighted by Gasteiger charge is 2.31. The maximum absolute atomic E-state index is 12.6. The van der Waals surface area contributed by atoms with E-state index in [0.717, 1.165) is 5.56 Å². The van der Waals surface area contributed by atoms with Gasteiger partial charge in [0.2, 0.25) is 5.91 Å². The van der Waals surface area contributed by atoms with E-state index < -0.39 is 5.97 Å². The molecule has 2 amide bonds. The van der Waals surface area contributed by atoms with Gasteiger partial charge in [0.05, 0.1) is 4.91 Å². The Morgan fingerprint density at radius 3 is 2.60 bits per heavy atom. The number of carboxylic acid groups (broad SMARTS) is 1. The predicted octanol–water partition coefficient (Wildman–Crippen LogP) is 3.71. The molecule has 0 spiro atoms. The lowest BCUT2D eigenvalue weighted by Crippen LogP contribution is -2.29. The molecule has 1 heterocycles. The molecule has 0 atom stereocenters. The number of nitrogens with zero attached hydrogens (tertiary/aromatic N) is 1. The van der Waals surface area contributed by atoms with Crippen LogP contribution in [0.1, 0.15) is 28.8 Å². The molecule has 7 nitrogen and oxygen atoms in total. The summed E-state index contributed by atoms with van der Waals surface area (Å²) in [6, 6.07) is 13.3. The molecule has 1 fully saturated rings. The molecule has 30 heavy (non-hydrogen) atoms. The molecule has 1 aliphatic rings. The number of nitrogens with one attached hydrogen (secondary N) is 1. The standard InChI is InChI=1S/C21H18N2O5S2/c24-16-9-8-14(12-15(16)20(27)28)22-18(25)7-4-10-23-19(26)17(30-21(23)29)11-13-5-2-1-3-6-13/h1-3,5-6,8-9,11-12,24H,4,7,10H2,(H,22,25)(H,27,28)/b17-11-. The van der Waals surface area contributed by atoms with Gasteiger partial charge >= 0.3 is 5.97 Å². The van der Waals surface area contributed by atoms with Gasteiger partial charge in [-0.25, -0.2) is 4.79 Å². The summed E-state index contributed by atoms with van der Waals surface area (Å²) >= 11 is 6.53. The third kappa shape index (κ3) is 5.25. The third-order valence-electron chi connectivity index (χ3n) is 4.27. The second-order valence-electron chi connectivity index (χ2n) is 6.43. The Labute approximate surface area is 182 Å². The van der Waals surface area contributed by atoms with Gasteiger partial charge in [-0.3, -0.25) is 14.5 Å². The fraction of sp³-hybridized carbons (Fsp3) is 0.143. The van der Waals surface area contributed by atoms with Gasteiger partial charge in [-0.2, -0.15) is 0 Å². The zero-order valence-corrected chi connectivity index (χ0v) is 17.3. The molecule has 2 aromatic carbocycles. The lowest BCUT2D eigenvalue weighted by molar-refractivity contribution is -0.122. The van der Waals surface area contributed by atoms with E-state index in [0.29, 0.717) is 22.2 Å². The number of benzene rings is 2. The maximum atomic E-state index is 12.6. The maximum Gasteiger partial charge on any atom is 0.339 e. The fourth-order valence-corrected chi connectivity index (χ4v) is 4.11. The Kier molecular flexibility index (Phi) is 6.86. The molecule has 0 aliphatic carbocycles. The number of carbonyl (C=O) groups is 3. The van der Waals surface area contributed by atoms with Crippen LogP contribution >= 0.6 is 24.0 Å². The van der Waals surface area contributed by atoms with Gasteiger partial charge in [0.1, 0.15) is 15.6 Å². The summed E-state index contributed by atoms with van der Waals surface area (Å²) in [6.45, 7) is 0.306. The van der Waals surface area contributed by atoms with Crippen molar-refractivity contribution in [2.45, 2.75) is 12.8 Å². The van der Waals surface area contributed by atoms with E-state index in [1.54, 1.807) is 6.08 Å². The Morgan fingerprint density at radius 1 is 1.17 bits per heavy atom. The number of thioether (sulfide) groups is 1. The molecule has 154 valence electrons. The smallest absolute Gasteiger partial charge is 0.339 e. The third-order valence-corrected chi connectivity index (χ3v) is 5.64. The first kappa shape index (κ1) is 21.5. The predicted molar refractivity (Wildman–Crippen MR) is 119 cm³/mol. The number of amides is 2. The number of thiocarbonyl (C=S) groups is 1. The van der Waals surface area contributed by atoms with E-state index in [4.69, 9.17) is 17.3 Å². The number of rotatable bonds is 7. The Hall–Kier alpha value is -3.17. The van der Waals surface area contributed by atoms with Crippen LogP contribution in [-0.2, 0) is 9.59 Å². The summed E-state index contributed by atoms with van der Waals surface area (Å²) in [4.78, 5) is 37.8. The molecule has 3 N–H and O–H groups in total. The molecule has 2 aromatic rings. The number of aromatic carboxylic acids is 1. The molecular weight excluding hydrogens is 424 g/mol. The Morgan fingerprint density at radius 2 is 1.90 bits per heavy atom. The zero-order valence-electron chi connectivity index (χ0n) is 15.7. The minimum absolute atomic E-state index is 0.123. The van der Waals surface area contributed by atoms with Crippen molar-refractivity contribution in [2.24, 2.45) is 0 Å². The van der Waals surface area contributed by atoms with Gasteiger partial charge in [-0.15, -0.1) is 0 Å². The minimum Gasteiger partial charge on any atom is -0.507 e. The number of anilines is 1. The molecule has 0 radical (unpaired) electrons. The van der Waals surface area contributed by atoms with Crippen molar-refractivity contribution in [1.82, 2.24) is 4.90 Å². The number of carboxylic acids is 1. The zero-order chi connectivity index (χ0) is 21.7. The van der Waals surface area contributed by atoms with Crippen LogP contribution in [0.5, 0.6) is 5.75 Å². The Balaban J connectivity index is 1.54. The van der Waals surface area contributed by atoms with Crippen LogP contribution in [0.15, 0.2) is 53.4 Å². The number of aromatic hydroxyl groups is 1. The van der Waals surface area contributed by atoms with Crippen LogP contribution in [0.25, 0.3) is 6.08 Å². The van der Waals surface area contributed by atoms with E-state index in [2.05, 4.69) is 5.32 Å². The first-order chi connectivity index (χ1) is 14.3. The SMILES string of the molecule is O=C(CCCN1C(=O)/C(=C/c2ccccc2)SC1=S)Nc1ccc(O)c(C(=O)O)c1. The molecule has 0 unspecified atom stereocenters. The molecule has 9 heteroatoms. The molecule has 0 saturated carbocycles. The van der Waals surface area contributed by atoms with E-state index in [1.807, 2.05) is 30.3 Å². The van der Waals surface area contributed by atoms with Gasteiger partial charge < -0.3 is 15.5 Å². The van der Waals surface area contributed by atoms with Crippen LogP contribution in [0.4, 0.5) is 5.69 Å². The lowest BCUT2D eigenvalue weighted by atomic mass is 10.1. The minimum atomic E-state index is -1.29. The largest absolute Gasteiger partial charge is 0.507 e. The number of hydrogen-bond acceptors (Lipinski definition) is 6. The molecular formula is C21H18N2O5S2. The van der Waals surface area contributed by atoms with Gasteiger partial charge in [0, 0.05) is 18.7 Å².